The molecule has 0 atom stereocenters. The van der Waals surface area contributed by atoms with Crippen molar-refractivity contribution in [3.63, 3.8) is 0 Å². The van der Waals surface area contributed by atoms with E-state index in [-0.39, 0.29) is 33.1 Å². The molecule has 2 rings (SSSR count). The van der Waals surface area contributed by atoms with Crippen LogP contribution in [0.1, 0.15) is 85.5 Å². The minimum atomic E-state index is -0.994. The fourth-order valence-electron chi connectivity index (χ4n) is 4.43. The molecule has 1 aliphatic heterocycles. The number of hydrogen-bond donors (Lipinski definition) is 1. The quantitative estimate of drug-likeness (QED) is 0.305. The Morgan fingerprint density at radius 1 is 1.14 bits per heavy atom. The average Bonchev–Trinajstić information content (AvgIpc) is 2.86. The molecular weight excluding hydrogens is 484 g/mol. The van der Waals surface area contributed by atoms with E-state index in [0.29, 0.717) is 6.61 Å². The lowest BCUT2D eigenvalue weighted by Crippen LogP contribution is -2.46. The van der Waals surface area contributed by atoms with Gasteiger partial charge in [0, 0.05) is 19.8 Å². The lowest BCUT2D eigenvalue weighted by molar-refractivity contribution is 0.00578. The van der Waals surface area contributed by atoms with Crippen LogP contribution in [0, 0.1) is 11.2 Å². The average molecular weight is 527 g/mol. The van der Waals surface area contributed by atoms with E-state index in [9.17, 15) is 4.79 Å². The van der Waals surface area contributed by atoms with Gasteiger partial charge in [0.25, 0.3) is 5.91 Å². The second kappa shape index (κ2) is 10.7. The van der Waals surface area contributed by atoms with Gasteiger partial charge in [0.05, 0.1) is 23.4 Å². The predicted molar refractivity (Wildman–Crippen MR) is 145 cm³/mol. The van der Waals surface area contributed by atoms with Crippen LogP contribution in [-0.4, -0.2) is 45.2 Å². The fraction of sp³-hybridized carbons (Fsp3) is 0.731. The number of ether oxygens (including phenoxy) is 1. The van der Waals surface area contributed by atoms with Crippen molar-refractivity contribution >= 4 is 38.9 Å². The van der Waals surface area contributed by atoms with E-state index in [2.05, 4.69) is 39.2 Å². The lowest BCUT2D eigenvalue weighted by Gasteiger charge is -2.33. The molecule has 1 aromatic rings. The third kappa shape index (κ3) is 7.70. The molecule has 1 heterocycles. The number of benzene rings is 1. The van der Waals surface area contributed by atoms with Gasteiger partial charge in [0.2, 0.25) is 0 Å². The highest BCUT2D eigenvalue weighted by Gasteiger charge is 2.53. The summed E-state index contributed by atoms with van der Waals surface area (Å²) in [6, 6.07) is 2.52. The number of rotatable bonds is 9. The molecule has 0 unspecified atom stereocenters. The number of carbonyl (C=O) groups excluding carboxylic acids is 1. The van der Waals surface area contributed by atoms with Crippen LogP contribution < -0.4 is 15.5 Å². The Labute approximate surface area is 218 Å². The predicted octanol–water partition coefficient (Wildman–Crippen LogP) is 6.25. The van der Waals surface area contributed by atoms with E-state index in [1.165, 1.54) is 6.07 Å². The molecule has 0 saturated carbocycles. The summed E-state index contributed by atoms with van der Waals surface area (Å²) in [7, 11) is -1.41. The minimum Gasteiger partial charge on any atom is -0.491 e. The van der Waals surface area contributed by atoms with Gasteiger partial charge in [-0.15, -0.1) is 0 Å². The standard InChI is InChI=1S/C26H43BClFNO4Si/c1-23(2,3)16-24(4,5)30-22(31)17-15-18(27-33-25(6,7)26(8,9)34-27)20(29)19(28)21(17)32-13-12-14-35(10)11/h15H,12-14,16H2,1-11H3,(H,30,31). The van der Waals surface area contributed by atoms with Gasteiger partial charge in [-0.25, -0.2) is 4.39 Å². The summed E-state index contributed by atoms with van der Waals surface area (Å²) >= 11 is 6.50. The maximum absolute atomic E-state index is 15.6. The second-order valence-electron chi connectivity index (χ2n) is 12.8. The Morgan fingerprint density at radius 2 is 1.69 bits per heavy atom. The Hall–Kier alpha value is -1.09. The Bertz CT molecular complexity index is 915. The molecule has 0 aromatic heterocycles. The molecule has 0 spiro atoms. The van der Waals surface area contributed by atoms with Gasteiger partial charge in [-0.3, -0.25) is 4.79 Å². The van der Waals surface area contributed by atoms with Crippen molar-refractivity contribution in [2.24, 2.45) is 5.41 Å². The van der Waals surface area contributed by atoms with Gasteiger partial charge in [0.1, 0.15) is 10.8 Å². The van der Waals surface area contributed by atoms with Crippen LogP contribution in [0.4, 0.5) is 4.39 Å². The third-order valence-corrected chi connectivity index (χ3v) is 8.12. The van der Waals surface area contributed by atoms with E-state index in [4.69, 9.17) is 25.6 Å². The summed E-state index contributed by atoms with van der Waals surface area (Å²) in [5, 5.41) is 2.87. The third-order valence-electron chi connectivity index (χ3n) is 6.43. The van der Waals surface area contributed by atoms with Crippen LogP contribution >= 0.6 is 11.6 Å². The van der Waals surface area contributed by atoms with Gasteiger partial charge in [0.15, 0.2) is 5.75 Å². The monoisotopic (exact) mass is 526 g/mol. The minimum absolute atomic E-state index is 0.00407. The molecule has 1 fully saturated rings. The Kier molecular flexibility index (Phi) is 9.23. The van der Waals surface area contributed by atoms with Gasteiger partial charge in [-0.1, -0.05) is 51.5 Å². The number of carbonyl (C=O) groups is 1. The van der Waals surface area contributed by atoms with Gasteiger partial charge >= 0.3 is 7.12 Å². The summed E-state index contributed by atoms with van der Waals surface area (Å²) in [5.74, 6) is -1.000. The summed E-state index contributed by atoms with van der Waals surface area (Å²) in [6.45, 7) is 22.7. The molecule has 1 aliphatic rings. The Balaban J connectivity index is 2.48. The van der Waals surface area contributed by atoms with Crippen LogP contribution in [0.25, 0.3) is 0 Å². The van der Waals surface area contributed by atoms with Crippen molar-refractivity contribution in [3.05, 3.63) is 22.5 Å². The molecule has 0 bridgehead atoms. The first-order valence-corrected chi connectivity index (χ1v) is 15.5. The van der Waals surface area contributed by atoms with Crippen LogP contribution in [0.15, 0.2) is 6.07 Å². The van der Waals surface area contributed by atoms with E-state index >= 15 is 4.39 Å². The summed E-state index contributed by atoms with van der Waals surface area (Å²) in [5.41, 5.74) is -1.55. The molecule has 35 heavy (non-hydrogen) atoms. The van der Waals surface area contributed by atoms with Gasteiger partial charge < -0.3 is 19.4 Å². The highest BCUT2D eigenvalue weighted by Crippen LogP contribution is 2.39. The molecule has 197 valence electrons. The highest BCUT2D eigenvalue weighted by atomic mass is 35.5. The first-order valence-electron chi connectivity index (χ1n) is 12.4. The number of amides is 1. The van der Waals surface area contributed by atoms with Crippen molar-refractivity contribution in [2.45, 2.75) is 111 Å². The van der Waals surface area contributed by atoms with Crippen molar-refractivity contribution in [3.8, 4) is 5.75 Å². The molecule has 1 amide bonds. The smallest absolute Gasteiger partial charge is 0.491 e. The molecule has 1 radical (unpaired) electrons. The second-order valence-corrected chi connectivity index (χ2v) is 16.1. The molecule has 9 heteroatoms. The van der Waals surface area contributed by atoms with Crippen LogP contribution in [0.3, 0.4) is 0 Å². The molecule has 5 nitrogen and oxygen atoms in total. The van der Waals surface area contributed by atoms with Gasteiger partial charge in [-0.2, -0.15) is 0 Å². The first kappa shape index (κ1) is 30.1. The van der Waals surface area contributed by atoms with Crippen molar-refractivity contribution in [1.82, 2.24) is 5.32 Å². The highest BCUT2D eigenvalue weighted by molar-refractivity contribution is 6.62. The van der Waals surface area contributed by atoms with Crippen molar-refractivity contribution in [1.29, 1.82) is 0 Å². The number of hydrogen-bond acceptors (Lipinski definition) is 4. The SMILES string of the molecule is C[Si](C)CCCOc1c(C(=O)NC(C)(C)CC(C)(C)C)cc(B2OC(C)(C)C(C)(C)O2)c(F)c1Cl. The molecular formula is C26H43BClFNO4Si. The zero-order valence-electron chi connectivity index (χ0n) is 23.4. The first-order chi connectivity index (χ1) is 15.8. The maximum atomic E-state index is 15.6. The van der Waals surface area contributed by atoms with Crippen LogP contribution in [-0.2, 0) is 9.31 Å². The maximum Gasteiger partial charge on any atom is 0.497 e. The largest absolute Gasteiger partial charge is 0.497 e. The topological polar surface area (TPSA) is 56.8 Å². The van der Waals surface area contributed by atoms with E-state index in [0.717, 1.165) is 18.9 Å². The Morgan fingerprint density at radius 3 is 2.17 bits per heavy atom. The molecule has 0 aliphatic carbocycles. The fourth-order valence-corrected chi connectivity index (χ4v) is 5.54. The van der Waals surface area contributed by atoms with E-state index in [1.54, 1.807) is 0 Å². The zero-order chi connectivity index (χ0) is 27.0. The van der Waals surface area contributed by atoms with E-state index < -0.39 is 38.5 Å². The summed E-state index contributed by atoms with van der Waals surface area (Å²) in [6.07, 6.45) is 1.56. The van der Waals surface area contributed by atoms with Crippen LogP contribution in [0.2, 0.25) is 24.2 Å². The number of halogens is 2. The molecule has 1 saturated heterocycles. The summed E-state index contributed by atoms with van der Waals surface area (Å²) in [4.78, 5) is 13.5. The van der Waals surface area contributed by atoms with Gasteiger partial charge in [-0.05, 0) is 65.9 Å². The summed E-state index contributed by atoms with van der Waals surface area (Å²) < 4.78 is 33.6. The lowest BCUT2D eigenvalue weighted by atomic mass is 9.77. The molecule has 1 N–H and O–H groups in total. The van der Waals surface area contributed by atoms with Crippen molar-refractivity contribution < 1.29 is 23.2 Å². The number of nitrogens with one attached hydrogen (secondary N) is 1. The van der Waals surface area contributed by atoms with E-state index in [1.807, 2.05) is 41.5 Å². The van der Waals surface area contributed by atoms with Crippen molar-refractivity contribution in [2.75, 3.05) is 6.61 Å². The van der Waals surface area contributed by atoms with Crippen LogP contribution in [0.5, 0.6) is 5.75 Å². The normalized spacial score (nSPS) is 17.7. The molecule has 1 aromatic carbocycles. The zero-order valence-corrected chi connectivity index (χ0v) is 25.1.